The van der Waals surface area contributed by atoms with Gasteiger partial charge in [0.1, 0.15) is 11.3 Å². The molecule has 1 heterocycles. The summed E-state index contributed by atoms with van der Waals surface area (Å²) in [5, 5.41) is 28.2. The van der Waals surface area contributed by atoms with E-state index in [0.717, 1.165) is 16.4 Å². The maximum atomic E-state index is 12.6. The van der Waals surface area contributed by atoms with Crippen LogP contribution in [0, 0.1) is 6.92 Å². The predicted molar refractivity (Wildman–Crippen MR) is 73.8 cm³/mol. The average molecular weight is 315 g/mol. The highest BCUT2D eigenvalue weighted by Gasteiger charge is 2.31. The predicted octanol–water partition coefficient (Wildman–Crippen LogP) is 0.544. The van der Waals surface area contributed by atoms with Crippen LogP contribution in [0.15, 0.2) is 17.0 Å². The van der Waals surface area contributed by atoms with E-state index in [9.17, 15) is 23.4 Å². The monoisotopic (exact) mass is 315 g/mol. The second-order valence-corrected chi connectivity index (χ2v) is 7.01. The van der Waals surface area contributed by atoms with Gasteiger partial charge in [-0.2, -0.15) is 4.31 Å². The third-order valence-corrected chi connectivity index (χ3v) is 5.51. The Balaban J connectivity index is 2.49. The van der Waals surface area contributed by atoms with Crippen molar-refractivity contribution in [2.45, 2.75) is 30.8 Å². The molecule has 8 heteroatoms. The second kappa shape index (κ2) is 5.63. The largest absolute Gasteiger partial charge is 0.507 e. The highest BCUT2D eigenvalue weighted by molar-refractivity contribution is 7.89. The number of hydrogen-bond donors (Lipinski definition) is 3. The van der Waals surface area contributed by atoms with E-state index >= 15 is 0 Å². The molecule has 116 valence electrons. The summed E-state index contributed by atoms with van der Waals surface area (Å²) in [4.78, 5) is 10.9. The van der Waals surface area contributed by atoms with Crippen molar-refractivity contribution in [3.63, 3.8) is 0 Å². The fraction of sp³-hybridized carbons (Fsp3) is 0.462. The Morgan fingerprint density at radius 1 is 1.38 bits per heavy atom. The van der Waals surface area contributed by atoms with E-state index in [1.165, 1.54) is 6.92 Å². The minimum atomic E-state index is -3.90. The fourth-order valence-electron chi connectivity index (χ4n) is 2.40. The first kappa shape index (κ1) is 15.7. The zero-order valence-corrected chi connectivity index (χ0v) is 12.3. The second-order valence-electron chi connectivity index (χ2n) is 5.10. The first-order chi connectivity index (χ1) is 9.73. The van der Waals surface area contributed by atoms with Crippen LogP contribution in [-0.4, -0.2) is 53.2 Å². The van der Waals surface area contributed by atoms with Crippen LogP contribution in [0.2, 0.25) is 0 Å². The number of piperidine rings is 1. The number of aromatic hydroxyl groups is 1. The van der Waals surface area contributed by atoms with Gasteiger partial charge in [-0.1, -0.05) is 0 Å². The molecule has 1 saturated heterocycles. The van der Waals surface area contributed by atoms with Gasteiger partial charge in [-0.15, -0.1) is 0 Å². The van der Waals surface area contributed by atoms with Gasteiger partial charge in [0.15, 0.2) is 0 Å². The molecule has 7 nitrogen and oxygen atoms in total. The fourth-order valence-corrected chi connectivity index (χ4v) is 4.15. The molecule has 0 aromatic heterocycles. The number of nitrogens with zero attached hydrogens (tertiary/aromatic N) is 1. The Bertz CT molecular complexity index is 669. The number of carboxylic acid groups (broad SMARTS) is 1. The molecular formula is C13H17NO6S. The molecule has 0 saturated carbocycles. The quantitative estimate of drug-likeness (QED) is 0.750. The summed E-state index contributed by atoms with van der Waals surface area (Å²) in [6.45, 7) is 1.76. The highest BCUT2D eigenvalue weighted by atomic mass is 32.2. The van der Waals surface area contributed by atoms with E-state index in [-0.39, 0.29) is 23.5 Å². The Morgan fingerprint density at radius 3 is 2.62 bits per heavy atom. The van der Waals surface area contributed by atoms with Crippen molar-refractivity contribution < 1.29 is 28.5 Å². The van der Waals surface area contributed by atoms with E-state index < -0.39 is 33.4 Å². The highest BCUT2D eigenvalue weighted by Crippen LogP contribution is 2.29. The standard InChI is InChI=1S/C13H17NO6S/c1-8-5-11(16)10(13(17)18)6-12(8)21(19,20)14-4-2-3-9(15)7-14/h5-6,9,15-16H,2-4,7H2,1H3,(H,17,18)/t9-/m0/s1. The van der Waals surface area contributed by atoms with Crippen molar-refractivity contribution in [1.29, 1.82) is 0 Å². The van der Waals surface area contributed by atoms with Crippen LogP contribution in [0.3, 0.4) is 0 Å². The molecule has 0 bridgehead atoms. The number of aliphatic hydroxyl groups excluding tert-OH is 1. The molecule has 1 atom stereocenters. The Kier molecular flexibility index (Phi) is 4.22. The van der Waals surface area contributed by atoms with E-state index in [1.807, 2.05) is 0 Å². The van der Waals surface area contributed by atoms with Crippen molar-refractivity contribution in [3.8, 4) is 5.75 Å². The maximum absolute atomic E-state index is 12.6. The van der Waals surface area contributed by atoms with Gasteiger partial charge in [-0.05, 0) is 37.5 Å². The molecular weight excluding hydrogens is 298 g/mol. The van der Waals surface area contributed by atoms with Crippen LogP contribution < -0.4 is 0 Å². The lowest BCUT2D eigenvalue weighted by atomic mass is 10.1. The van der Waals surface area contributed by atoms with Crippen LogP contribution in [0.4, 0.5) is 0 Å². The molecule has 1 aromatic carbocycles. The van der Waals surface area contributed by atoms with Crippen molar-refractivity contribution in [2.75, 3.05) is 13.1 Å². The van der Waals surface area contributed by atoms with E-state index in [1.54, 1.807) is 0 Å². The first-order valence-electron chi connectivity index (χ1n) is 6.48. The molecule has 21 heavy (non-hydrogen) atoms. The SMILES string of the molecule is Cc1cc(O)c(C(=O)O)cc1S(=O)(=O)N1CCC[C@H](O)C1. The lowest BCUT2D eigenvalue weighted by Crippen LogP contribution is -2.42. The number of benzene rings is 1. The molecule has 0 radical (unpaired) electrons. The number of rotatable bonds is 3. The number of sulfonamides is 1. The van der Waals surface area contributed by atoms with Crippen molar-refractivity contribution in [2.24, 2.45) is 0 Å². The number of phenols is 1. The molecule has 1 aliphatic rings. The number of aryl methyl sites for hydroxylation is 1. The van der Waals surface area contributed by atoms with Gasteiger partial charge in [0, 0.05) is 13.1 Å². The van der Waals surface area contributed by atoms with Crippen molar-refractivity contribution in [1.82, 2.24) is 4.31 Å². The molecule has 0 aliphatic carbocycles. The van der Waals surface area contributed by atoms with Crippen LogP contribution in [0.25, 0.3) is 0 Å². The zero-order valence-electron chi connectivity index (χ0n) is 11.5. The van der Waals surface area contributed by atoms with E-state index in [0.29, 0.717) is 12.8 Å². The lowest BCUT2D eigenvalue weighted by molar-refractivity contribution is 0.0693. The van der Waals surface area contributed by atoms with Crippen LogP contribution in [-0.2, 0) is 10.0 Å². The summed E-state index contributed by atoms with van der Waals surface area (Å²) in [7, 11) is -3.90. The normalized spacial score (nSPS) is 20.4. The van der Waals surface area contributed by atoms with E-state index in [2.05, 4.69) is 0 Å². The Hall–Kier alpha value is -1.64. The van der Waals surface area contributed by atoms with Gasteiger partial charge in [0.05, 0.1) is 11.0 Å². The molecule has 1 fully saturated rings. The summed E-state index contributed by atoms with van der Waals surface area (Å²) in [6, 6.07) is 2.08. The topological polar surface area (TPSA) is 115 Å². The lowest BCUT2D eigenvalue weighted by Gasteiger charge is -2.29. The van der Waals surface area contributed by atoms with Crippen LogP contribution in [0.5, 0.6) is 5.75 Å². The molecule has 3 N–H and O–H groups in total. The third-order valence-electron chi connectivity index (χ3n) is 3.50. The minimum Gasteiger partial charge on any atom is -0.507 e. The summed E-state index contributed by atoms with van der Waals surface area (Å²) >= 11 is 0. The third kappa shape index (κ3) is 3.02. The summed E-state index contributed by atoms with van der Waals surface area (Å²) < 4.78 is 26.3. The maximum Gasteiger partial charge on any atom is 0.339 e. The van der Waals surface area contributed by atoms with Gasteiger partial charge in [-0.3, -0.25) is 0 Å². The first-order valence-corrected chi connectivity index (χ1v) is 7.92. The van der Waals surface area contributed by atoms with E-state index in [4.69, 9.17) is 5.11 Å². The molecule has 1 aliphatic heterocycles. The van der Waals surface area contributed by atoms with Crippen molar-refractivity contribution >= 4 is 16.0 Å². The molecule has 0 spiro atoms. The number of carbonyl (C=O) groups is 1. The Labute approximate surface area is 122 Å². The van der Waals surface area contributed by atoms with Crippen molar-refractivity contribution in [3.05, 3.63) is 23.3 Å². The minimum absolute atomic E-state index is 0.00887. The molecule has 0 unspecified atom stereocenters. The van der Waals surface area contributed by atoms with Crippen LogP contribution >= 0.6 is 0 Å². The number of aromatic carboxylic acids is 1. The molecule has 1 aromatic rings. The average Bonchev–Trinajstić information content (AvgIpc) is 2.37. The van der Waals surface area contributed by atoms with Gasteiger partial charge >= 0.3 is 5.97 Å². The van der Waals surface area contributed by atoms with Crippen LogP contribution in [0.1, 0.15) is 28.8 Å². The van der Waals surface area contributed by atoms with Gasteiger partial charge < -0.3 is 15.3 Å². The zero-order chi connectivity index (χ0) is 15.8. The number of β-amino-alcohol motifs (C(OH)–C–C–N with tert-alkyl or cyclic N) is 1. The van der Waals surface area contributed by atoms with Gasteiger partial charge in [-0.25, -0.2) is 13.2 Å². The van der Waals surface area contributed by atoms with Gasteiger partial charge in [0.2, 0.25) is 10.0 Å². The summed E-state index contributed by atoms with van der Waals surface area (Å²) in [5.74, 6) is -1.87. The number of carboxylic acids is 1. The smallest absolute Gasteiger partial charge is 0.339 e. The summed E-state index contributed by atoms with van der Waals surface area (Å²) in [6.07, 6.45) is 0.370. The number of hydrogen-bond acceptors (Lipinski definition) is 5. The molecule has 0 amide bonds. The molecule has 2 rings (SSSR count). The summed E-state index contributed by atoms with van der Waals surface area (Å²) in [5.41, 5.74) is -0.200. The number of aliphatic hydroxyl groups is 1. The Morgan fingerprint density at radius 2 is 2.05 bits per heavy atom. The van der Waals surface area contributed by atoms with Gasteiger partial charge in [0.25, 0.3) is 0 Å².